The van der Waals surface area contributed by atoms with Crippen LogP contribution in [0.1, 0.15) is 75.8 Å². The number of nitrogens with two attached hydrogens (primary N) is 2. The maximum atomic E-state index is 13.2. The number of ketones is 2. The van der Waals surface area contributed by atoms with Crippen LogP contribution in [0.25, 0.3) is 12.2 Å². The highest BCUT2D eigenvalue weighted by molar-refractivity contribution is 6.11. The van der Waals surface area contributed by atoms with Gasteiger partial charge in [-0.2, -0.15) is 0 Å². The summed E-state index contributed by atoms with van der Waals surface area (Å²) in [4.78, 5) is 89.3. The minimum atomic E-state index is -1.18. The highest BCUT2D eigenvalue weighted by Crippen LogP contribution is 2.29. The molecule has 1 heterocycles. The zero-order valence-electron chi connectivity index (χ0n) is 35.8. The highest BCUT2D eigenvalue weighted by Gasteiger charge is 2.37. The molecule has 62 heavy (non-hydrogen) atoms. The van der Waals surface area contributed by atoms with E-state index in [0.29, 0.717) is 98.7 Å². The number of hydrogen-bond donors (Lipinski definition) is 6. The van der Waals surface area contributed by atoms with Crippen LogP contribution in [-0.2, 0) is 33.6 Å². The fourth-order valence-corrected chi connectivity index (χ4v) is 6.50. The zero-order chi connectivity index (χ0) is 45.6. The van der Waals surface area contributed by atoms with Gasteiger partial charge in [0.2, 0.25) is 17.7 Å². The van der Waals surface area contributed by atoms with Crippen molar-refractivity contribution in [2.24, 2.45) is 11.5 Å². The third-order valence-electron chi connectivity index (χ3n) is 9.96. The van der Waals surface area contributed by atoms with E-state index in [1.807, 2.05) is 0 Å². The number of allylic oxidation sites excluding steroid dienone is 2. The van der Waals surface area contributed by atoms with Crippen molar-refractivity contribution in [1.82, 2.24) is 20.9 Å². The van der Waals surface area contributed by atoms with E-state index < -0.39 is 53.6 Å². The smallest absolute Gasteiger partial charge is 0.326 e. The second-order valence-electron chi connectivity index (χ2n) is 14.6. The number of amides is 4. The first-order chi connectivity index (χ1) is 29.7. The second-order valence-corrected chi connectivity index (χ2v) is 14.6. The Morgan fingerprint density at radius 1 is 0.823 bits per heavy atom. The minimum Gasteiger partial charge on any atom is -0.493 e. The molecule has 0 aliphatic carbocycles. The summed E-state index contributed by atoms with van der Waals surface area (Å²) in [5.74, 6) is -2.18. The van der Waals surface area contributed by atoms with Crippen molar-refractivity contribution in [3.63, 3.8) is 0 Å². The number of carboxylic acid groups (broad SMARTS) is 1. The van der Waals surface area contributed by atoms with Gasteiger partial charge in [-0.15, -0.1) is 0 Å². The molecule has 0 aromatic heterocycles. The van der Waals surface area contributed by atoms with Crippen molar-refractivity contribution in [2.75, 3.05) is 47.6 Å². The zero-order valence-corrected chi connectivity index (χ0v) is 35.8. The number of unbranched alkanes of at least 4 members (excludes halogenated alkanes) is 2. The number of methoxy groups -OCH3 is 3. The molecule has 18 heteroatoms. The average Bonchev–Trinajstić information content (AvgIpc) is 3.76. The summed E-state index contributed by atoms with van der Waals surface area (Å²) >= 11 is 0. The lowest BCUT2D eigenvalue weighted by Crippen LogP contribution is -2.55. The van der Waals surface area contributed by atoms with E-state index >= 15 is 0 Å². The highest BCUT2D eigenvalue weighted by atomic mass is 16.5. The molecule has 1 unspecified atom stereocenters. The number of aliphatic carboxylic acids is 1. The Morgan fingerprint density at radius 2 is 1.42 bits per heavy atom. The summed E-state index contributed by atoms with van der Waals surface area (Å²) in [5, 5.41) is 17.3. The fourth-order valence-electron chi connectivity index (χ4n) is 6.50. The van der Waals surface area contributed by atoms with Crippen molar-refractivity contribution in [3.05, 3.63) is 59.7 Å². The van der Waals surface area contributed by atoms with E-state index in [2.05, 4.69) is 16.0 Å². The van der Waals surface area contributed by atoms with Crippen LogP contribution in [0, 0.1) is 0 Å². The summed E-state index contributed by atoms with van der Waals surface area (Å²) in [6, 6.07) is 6.26. The van der Waals surface area contributed by atoms with E-state index in [9.17, 15) is 38.7 Å². The van der Waals surface area contributed by atoms with Crippen LogP contribution < -0.4 is 46.4 Å². The third-order valence-corrected chi connectivity index (χ3v) is 9.96. The molecule has 1 aliphatic heterocycles. The quantitative estimate of drug-likeness (QED) is 0.0427. The Morgan fingerprint density at radius 3 is 2.02 bits per heavy atom. The van der Waals surface area contributed by atoms with Crippen LogP contribution in [0.2, 0.25) is 0 Å². The van der Waals surface area contributed by atoms with E-state index in [4.69, 9.17) is 30.4 Å². The number of benzene rings is 2. The van der Waals surface area contributed by atoms with Gasteiger partial charge < -0.3 is 56.4 Å². The molecule has 1 saturated heterocycles. The molecule has 8 N–H and O–H groups in total. The molecule has 1 fully saturated rings. The number of carbonyl (C=O) groups is 7. The number of nitrogens with one attached hydrogen (secondary N) is 3. The van der Waals surface area contributed by atoms with Gasteiger partial charge in [-0.1, -0.05) is 24.3 Å². The van der Waals surface area contributed by atoms with Crippen LogP contribution in [0.5, 0.6) is 23.0 Å². The Labute approximate surface area is 361 Å². The fraction of sp³-hybridized carbons (Fsp3) is 0.477. The Balaban J connectivity index is 1.37. The number of hydrogen-bond acceptors (Lipinski definition) is 13. The van der Waals surface area contributed by atoms with Gasteiger partial charge in [0.05, 0.1) is 33.8 Å². The topological polar surface area (TPSA) is 268 Å². The van der Waals surface area contributed by atoms with Gasteiger partial charge in [-0.3, -0.25) is 28.8 Å². The van der Waals surface area contributed by atoms with Crippen LogP contribution in [0.3, 0.4) is 0 Å². The summed E-state index contributed by atoms with van der Waals surface area (Å²) in [6.07, 6.45) is 9.12. The molecule has 0 spiro atoms. The van der Waals surface area contributed by atoms with Gasteiger partial charge in [0, 0.05) is 13.1 Å². The van der Waals surface area contributed by atoms with E-state index in [-0.39, 0.29) is 31.1 Å². The first kappa shape index (κ1) is 50.1. The number of carboxylic acids is 1. The number of rotatable bonds is 27. The van der Waals surface area contributed by atoms with Gasteiger partial charge in [0.1, 0.15) is 18.1 Å². The van der Waals surface area contributed by atoms with Crippen LogP contribution in [0.4, 0.5) is 0 Å². The molecule has 4 amide bonds. The summed E-state index contributed by atoms with van der Waals surface area (Å²) in [6.45, 7) is 2.19. The van der Waals surface area contributed by atoms with Gasteiger partial charge in [0.15, 0.2) is 41.2 Å². The molecule has 0 bridgehead atoms. The molecule has 4 atom stereocenters. The number of ether oxygens (including phenoxy) is 4. The molecular weight excluding hydrogens is 805 g/mol. The summed E-state index contributed by atoms with van der Waals surface area (Å²) in [7, 11) is 4.48. The lowest BCUT2D eigenvalue weighted by molar-refractivity contribution is -0.143. The first-order valence-corrected chi connectivity index (χ1v) is 20.5. The lowest BCUT2D eigenvalue weighted by atomic mass is 10.1. The predicted octanol–water partition coefficient (Wildman–Crippen LogP) is 2.15. The maximum Gasteiger partial charge on any atom is 0.326 e. The second kappa shape index (κ2) is 26.2. The standard InChI is InChI=1S/C44H60N6O12/c1-28(41(54)49-34(44(57)58)11-5-7-21-45)48-42(55)35-12-9-23-50(35)43(56)33(46)10-6-8-22-47-40(53)27-62-37-20-16-30(25-39(37)61-4)14-18-32(52)26-31(51)17-13-29-15-19-36(59-2)38(24-29)60-3/h13-20,24-25,28,33-35H,5-12,21-23,26-27,45-46H2,1-4H3,(H,47,53)(H,48,55)(H,49,54)(H,57,58)/b17-13+,18-14+/t28-,33-,34-,35?/m0/s1. The summed E-state index contributed by atoms with van der Waals surface area (Å²) in [5.41, 5.74) is 13.0. The number of likely N-dealkylation sites (tertiary alicyclic amines) is 1. The van der Waals surface area contributed by atoms with Crippen molar-refractivity contribution in [2.45, 2.75) is 88.9 Å². The molecule has 0 saturated carbocycles. The predicted molar refractivity (Wildman–Crippen MR) is 230 cm³/mol. The normalized spacial score (nSPS) is 15.1. The van der Waals surface area contributed by atoms with Crippen molar-refractivity contribution >= 4 is 53.3 Å². The molecule has 1 aliphatic rings. The monoisotopic (exact) mass is 864 g/mol. The van der Waals surface area contributed by atoms with E-state index in [1.54, 1.807) is 48.6 Å². The van der Waals surface area contributed by atoms with Gasteiger partial charge in [0.25, 0.3) is 5.91 Å². The maximum absolute atomic E-state index is 13.2. The van der Waals surface area contributed by atoms with Crippen molar-refractivity contribution in [3.8, 4) is 23.0 Å². The van der Waals surface area contributed by atoms with Gasteiger partial charge in [-0.25, -0.2) is 4.79 Å². The van der Waals surface area contributed by atoms with E-state index in [0.717, 1.165) is 0 Å². The summed E-state index contributed by atoms with van der Waals surface area (Å²) < 4.78 is 21.6. The first-order valence-electron chi connectivity index (χ1n) is 20.5. The SMILES string of the molecule is COc1ccc(/C=C/C(=O)CC(=O)/C=C/c2ccc(OCC(=O)NCCCC[C@H](N)C(=O)N3CCCC3C(=O)N[C@@H](C)C(=O)N[C@@H](CCCCN)C(=O)O)c(OC)c2)cc1OC. The van der Waals surface area contributed by atoms with Crippen molar-refractivity contribution in [1.29, 1.82) is 0 Å². The third kappa shape index (κ3) is 16.3. The number of carbonyl (C=O) groups excluding carboxylic acids is 6. The van der Waals surface area contributed by atoms with Crippen LogP contribution in [-0.4, -0.2) is 123 Å². The molecule has 0 radical (unpaired) electrons. The Kier molecular flexibility index (Phi) is 21.1. The van der Waals surface area contributed by atoms with Crippen LogP contribution >= 0.6 is 0 Å². The van der Waals surface area contributed by atoms with Gasteiger partial charge in [-0.05, 0) is 112 Å². The lowest BCUT2D eigenvalue weighted by Gasteiger charge is -2.28. The molecule has 2 aromatic carbocycles. The Bertz CT molecular complexity index is 1930. The molecule has 2 aromatic rings. The molecular formula is C44H60N6O12. The molecule has 3 rings (SSSR count). The van der Waals surface area contributed by atoms with Gasteiger partial charge >= 0.3 is 5.97 Å². The minimum absolute atomic E-state index is 0.206. The van der Waals surface area contributed by atoms with E-state index in [1.165, 1.54) is 45.3 Å². The largest absolute Gasteiger partial charge is 0.493 e. The molecule has 18 nitrogen and oxygen atoms in total. The van der Waals surface area contributed by atoms with Crippen LogP contribution in [0.15, 0.2) is 48.6 Å². The Hall–Kier alpha value is -6.27. The van der Waals surface area contributed by atoms with Crippen molar-refractivity contribution < 1.29 is 57.6 Å². The average molecular weight is 865 g/mol. The molecule has 338 valence electrons. The number of nitrogens with zero attached hydrogens (tertiary/aromatic N) is 1.